The molecule has 0 heteroatoms. The van der Waals surface area contributed by atoms with Crippen molar-refractivity contribution in [3.05, 3.63) is 47.5 Å². The third-order valence-electron chi connectivity index (χ3n) is 1.94. The van der Waals surface area contributed by atoms with Crippen LogP contribution in [0.5, 0.6) is 0 Å². The van der Waals surface area contributed by atoms with Gasteiger partial charge in [-0.05, 0) is 30.9 Å². The Kier molecular flexibility index (Phi) is 22.6. The van der Waals surface area contributed by atoms with Gasteiger partial charge >= 0.3 is 0 Å². The standard InChI is InChI=1S/C12H16.3C2H6/c1-4-11-5-7-12(8-6-11)9-10(2)3;3*1-2/h5-8H,2,4,9H2,1,3H3;3*1-2H3. The van der Waals surface area contributed by atoms with Gasteiger partial charge < -0.3 is 0 Å². The average Bonchev–Trinajstić information content (AvgIpc) is 2.46. The lowest BCUT2D eigenvalue weighted by atomic mass is 10.0. The van der Waals surface area contributed by atoms with Crippen LogP contribution >= 0.6 is 0 Å². The van der Waals surface area contributed by atoms with Gasteiger partial charge in [-0.25, -0.2) is 0 Å². The van der Waals surface area contributed by atoms with Gasteiger partial charge in [-0.15, -0.1) is 0 Å². The Hall–Kier alpha value is -1.04. The predicted octanol–water partition coefficient (Wildman–Crippen LogP) is 6.45. The van der Waals surface area contributed by atoms with Crippen LogP contribution < -0.4 is 0 Å². The van der Waals surface area contributed by atoms with Crippen LogP contribution in [0.2, 0.25) is 0 Å². The molecule has 0 unspecified atom stereocenters. The molecule has 0 aliphatic heterocycles. The highest BCUT2D eigenvalue weighted by Gasteiger charge is 1.92. The third kappa shape index (κ3) is 13.0. The Labute approximate surface area is 116 Å². The molecule has 106 valence electrons. The van der Waals surface area contributed by atoms with E-state index in [1.54, 1.807) is 0 Å². The molecule has 0 amide bonds. The van der Waals surface area contributed by atoms with Gasteiger partial charge in [0.2, 0.25) is 0 Å². The minimum atomic E-state index is 1.00. The average molecular weight is 250 g/mol. The molecule has 18 heavy (non-hydrogen) atoms. The lowest BCUT2D eigenvalue weighted by Gasteiger charge is -2.01. The number of benzene rings is 1. The normalized spacial score (nSPS) is 7.56. The molecule has 0 atom stereocenters. The molecule has 0 fully saturated rings. The maximum absolute atomic E-state index is 3.89. The Bertz CT molecular complexity index is 254. The van der Waals surface area contributed by atoms with Crippen molar-refractivity contribution in [1.29, 1.82) is 0 Å². The van der Waals surface area contributed by atoms with E-state index in [0.717, 1.165) is 12.8 Å². The second-order valence-corrected chi connectivity index (χ2v) is 3.30. The van der Waals surface area contributed by atoms with E-state index in [2.05, 4.69) is 44.7 Å². The van der Waals surface area contributed by atoms with Crippen LogP contribution in [0.15, 0.2) is 36.4 Å². The molecule has 1 aromatic carbocycles. The quantitative estimate of drug-likeness (QED) is 0.541. The predicted molar refractivity (Wildman–Crippen MR) is 88.4 cm³/mol. The molecule has 1 rings (SSSR count). The van der Waals surface area contributed by atoms with Gasteiger partial charge in [0.1, 0.15) is 0 Å². The Balaban J connectivity index is -0.000000328. The molecule has 0 aliphatic carbocycles. The van der Waals surface area contributed by atoms with Crippen molar-refractivity contribution in [2.75, 3.05) is 0 Å². The van der Waals surface area contributed by atoms with Crippen LogP contribution in [-0.2, 0) is 12.8 Å². The van der Waals surface area contributed by atoms with Crippen molar-refractivity contribution >= 4 is 0 Å². The zero-order valence-electron chi connectivity index (χ0n) is 13.9. The van der Waals surface area contributed by atoms with E-state index >= 15 is 0 Å². The lowest BCUT2D eigenvalue weighted by molar-refractivity contribution is 1.11. The maximum Gasteiger partial charge on any atom is -0.00726 e. The van der Waals surface area contributed by atoms with Crippen LogP contribution in [0.3, 0.4) is 0 Å². The molecule has 0 heterocycles. The molecule has 0 aromatic heterocycles. The molecular formula is C18H34. The summed E-state index contributed by atoms with van der Waals surface area (Å²) in [5, 5.41) is 0. The van der Waals surface area contributed by atoms with E-state index in [4.69, 9.17) is 0 Å². The summed E-state index contributed by atoms with van der Waals surface area (Å²) in [5.74, 6) is 0. The van der Waals surface area contributed by atoms with Crippen LogP contribution in [0, 0.1) is 0 Å². The second-order valence-electron chi connectivity index (χ2n) is 3.30. The second kappa shape index (κ2) is 18.3. The van der Waals surface area contributed by atoms with Crippen molar-refractivity contribution in [2.45, 2.75) is 68.2 Å². The summed E-state index contributed by atoms with van der Waals surface area (Å²) in [6.07, 6.45) is 2.12. The fraction of sp³-hybridized carbons (Fsp3) is 0.556. The van der Waals surface area contributed by atoms with Crippen molar-refractivity contribution in [2.24, 2.45) is 0 Å². The Morgan fingerprint density at radius 3 is 1.44 bits per heavy atom. The number of rotatable bonds is 3. The summed E-state index contributed by atoms with van der Waals surface area (Å²) in [7, 11) is 0. The molecule has 0 saturated carbocycles. The minimum Gasteiger partial charge on any atom is -0.0998 e. The largest absolute Gasteiger partial charge is 0.0998 e. The summed E-state index contributed by atoms with van der Waals surface area (Å²) in [6, 6.07) is 8.76. The number of aryl methyl sites for hydroxylation is 1. The molecule has 0 bridgehead atoms. The maximum atomic E-state index is 3.89. The lowest BCUT2D eigenvalue weighted by Crippen LogP contribution is -1.86. The van der Waals surface area contributed by atoms with Gasteiger partial charge in [-0.1, -0.05) is 84.9 Å². The van der Waals surface area contributed by atoms with E-state index in [1.165, 1.54) is 16.7 Å². The molecule has 0 spiro atoms. The van der Waals surface area contributed by atoms with Crippen molar-refractivity contribution < 1.29 is 0 Å². The van der Waals surface area contributed by atoms with E-state index in [0.29, 0.717) is 0 Å². The zero-order valence-corrected chi connectivity index (χ0v) is 13.9. The Morgan fingerprint density at radius 1 is 0.833 bits per heavy atom. The fourth-order valence-corrected chi connectivity index (χ4v) is 1.24. The molecule has 0 N–H and O–H groups in total. The highest BCUT2D eigenvalue weighted by Crippen LogP contribution is 2.08. The van der Waals surface area contributed by atoms with Crippen molar-refractivity contribution in [3.63, 3.8) is 0 Å². The highest BCUT2D eigenvalue weighted by molar-refractivity contribution is 5.25. The highest BCUT2D eigenvalue weighted by atomic mass is 14.0. The van der Waals surface area contributed by atoms with Gasteiger partial charge in [-0.2, -0.15) is 0 Å². The minimum absolute atomic E-state index is 1.00. The Morgan fingerprint density at radius 2 is 1.17 bits per heavy atom. The first-order valence-electron chi connectivity index (χ1n) is 7.44. The van der Waals surface area contributed by atoms with Crippen molar-refractivity contribution in [3.8, 4) is 0 Å². The van der Waals surface area contributed by atoms with E-state index in [-0.39, 0.29) is 0 Å². The number of allylic oxidation sites excluding steroid dienone is 1. The van der Waals surface area contributed by atoms with Crippen LogP contribution in [0.1, 0.15) is 66.5 Å². The molecule has 0 nitrogen and oxygen atoms in total. The van der Waals surface area contributed by atoms with Gasteiger partial charge in [0.05, 0.1) is 0 Å². The summed E-state index contributed by atoms with van der Waals surface area (Å²) in [4.78, 5) is 0. The SMILES string of the molecule is C=C(C)Cc1ccc(CC)cc1.CC.CC.CC. The molecule has 1 aromatic rings. The van der Waals surface area contributed by atoms with Crippen LogP contribution in [0.4, 0.5) is 0 Å². The number of hydrogen-bond acceptors (Lipinski definition) is 0. The van der Waals surface area contributed by atoms with Crippen molar-refractivity contribution in [1.82, 2.24) is 0 Å². The number of hydrogen-bond donors (Lipinski definition) is 0. The molecule has 0 saturated heterocycles. The zero-order chi connectivity index (χ0) is 15.0. The van der Waals surface area contributed by atoms with E-state index < -0.39 is 0 Å². The first kappa shape index (κ1) is 22.2. The van der Waals surface area contributed by atoms with Crippen LogP contribution in [0.25, 0.3) is 0 Å². The van der Waals surface area contributed by atoms with Gasteiger partial charge in [0, 0.05) is 0 Å². The summed E-state index contributed by atoms with van der Waals surface area (Å²) in [6.45, 7) is 20.1. The third-order valence-corrected chi connectivity index (χ3v) is 1.94. The molecule has 0 aliphatic rings. The van der Waals surface area contributed by atoms with Gasteiger partial charge in [0.15, 0.2) is 0 Å². The monoisotopic (exact) mass is 250 g/mol. The molecular weight excluding hydrogens is 216 g/mol. The van der Waals surface area contributed by atoms with Gasteiger partial charge in [-0.3, -0.25) is 0 Å². The first-order valence-corrected chi connectivity index (χ1v) is 7.44. The van der Waals surface area contributed by atoms with Gasteiger partial charge in [0.25, 0.3) is 0 Å². The van der Waals surface area contributed by atoms with E-state index in [1.807, 2.05) is 41.5 Å². The van der Waals surface area contributed by atoms with E-state index in [9.17, 15) is 0 Å². The topological polar surface area (TPSA) is 0 Å². The fourth-order valence-electron chi connectivity index (χ4n) is 1.24. The van der Waals surface area contributed by atoms with Crippen LogP contribution in [-0.4, -0.2) is 0 Å². The summed E-state index contributed by atoms with van der Waals surface area (Å²) >= 11 is 0. The smallest absolute Gasteiger partial charge is 0.00726 e. The summed E-state index contributed by atoms with van der Waals surface area (Å²) in [5.41, 5.74) is 3.99. The first-order chi connectivity index (χ1) is 8.72. The summed E-state index contributed by atoms with van der Waals surface area (Å²) < 4.78 is 0. The molecule has 0 radical (unpaired) electrons.